The Hall–Kier alpha value is -3.19. The van der Waals surface area contributed by atoms with Gasteiger partial charge >= 0.3 is 5.97 Å². The minimum absolute atomic E-state index is 0.0488. The zero-order valence-electron chi connectivity index (χ0n) is 16.1. The number of ether oxygens (including phenoxy) is 1. The van der Waals surface area contributed by atoms with Crippen LogP contribution in [0.25, 0.3) is 0 Å². The van der Waals surface area contributed by atoms with Gasteiger partial charge in [0.1, 0.15) is 5.02 Å². The summed E-state index contributed by atoms with van der Waals surface area (Å²) in [5, 5.41) is 10.9. The summed E-state index contributed by atoms with van der Waals surface area (Å²) >= 11 is 5.74. The van der Waals surface area contributed by atoms with Crippen LogP contribution in [0.15, 0.2) is 54.2 Å². The molecular weight excluding hydrogens is 396 g/mol. The van der Waals surface area contributed by atoms with Gasteiger partial charge in [-0.15, -0.1) is 0 Å². The number of para-hydroxylation sites is 1. The summed E-state index contributed by atoms with van der Waals surface area (Å²) in [5.74, 6) is -1.22. The molecule has 0 unspecified atom stereocenters. The van der Waals surface area contributed by atoms with Crippen LogP contribution >= 0.6 is 11.6 Å². The first-order valence-electron chi connectivity index (χ1n) is 8.82. The molecule has 0 saturated heterocycles. The lowest BCUT2D eigenvalue weighted by molar-refractivity contribution is -0.384. The van der Waals surface area contributed by atoms with Crippen molar-refractivity contribution < 1.29 is 19.2 Å². The van der Waals surface area contributed by atoms with Crippen molar-refractivity contribution in [3.8, 4) is 0 Å². The van der Waals surface area contributed by atoms with Gasteiger partial charge in [0.15, 0.2) is 12.4 Å². The summed E-state index contributed by atoms with van der Waals surface area (Å²) in [6, 6.07) is 11.5. The van der Waals surface area contributed by atoms with Crippen molar-refractivity contribution in [2.75, 3.05) is 18.6 Å². The van der Waals surface area contributed by atoms with Crippen molar-refractivity contribution >= 4 is 34.7 Å². The largest absolute Gasteiger partial charge is 0.454 e. The van der Waals surface area contributed by atoms with Gasteiger partial charge in [-0.25, -0.2) is 4.79 Å². The predicted octanol–water partition coefficient (Wildman–Crippen LogP) is 4.29. The van der Waals surface area contributed by atoms with E-state index in [1.54, 1.807) is 0 Å². The van der Waals surface area contributed by atoms with Crippen LogP contribution in [0.3, 0.4) is 0 Å². The topological polar surface area (TPSA) is 89.8 Å². The minimum Gasteiger partial charge on any atom is -0.454 e. The zero-order valence-corrected chi connectivity index (χ0v) is 16.9. The van der Waals surface area contributed by atoms with E-state index in [1.807, 2.05) is 50.1 Å². The Balaban J connectivity index is 1.73. The van der Waals surface area contributed by atoms with Crippen LogP contribution in [0, 0.1) is 10.1 Å². The molecule has 1 aliphatic heterocycles. The first-order chi connectivity index (χ1) is 13.6. The van der Waals surface area contributed by atoms with E-state index in [1.165, 1.54) is 18.2 Å². The quantitative estimate of drug-likeness (QED) is 0.314. The SMILES string of the molecule is CN1C(=CC(=O)COC(=O)c2ccc(Cl)c([N+](=O)[O-])c2)C(C)(C)c2ccccc21. The molecule has 0 bridgehead atoms. The molecule has 1 aliphatic rings. The molecular formula is C21H19ClN2O5. The lowest BCUT2D eigenvalue weighted by Gasteiger charge is -2.23. The highest BCUT2D eigenvalue weighted by molar-refractivity contribution is 6.32. The molecule has 0 saturated carbocycles. The van der Waals surface area contributed by atoms with Crippen LogP contribution in [0.2, 0.25) is 5.02 Å². The number of nitro benzene ring substituents is 1. The molecule has 29 heavy (non-hydrogen) atoms. The first-order valence-corrected chi connectivity index (χ1v) is 9.20. The van der Waals surface area contributed by atoms with Crippen LogP contribution in [0.5, 0.6) is 0 Å². The molecule has 2 aromatic rings. The maximum atomic E-state index is 12.4. The number of ketones is 1. The number of benzene rings is 2. The number of fused-ring (bicyclic) bond motifs is 1. The number of carbonyl (C=O) groups excluding carboxylic acids is 2. The maximum Gasteiger partial charge on any atom is 0.338 e. The minimum atomic E-state index is -0.834. The summed E-state index contributed by atoms with van der Waals surface area (Å²) in [7, 11) is 1.88. The molecule has 7 nitrogen and oxygen atoms in total. The number of esters is 1. The van der Waals surface area contributed by atoms with Gasteiger partial charge in [0.25, 0.3) is 5.69 Å². The fourth-order valence-corrected chi connectivity index (χ4v) is 3.64. The van der Waals surface area contributed by atoms with Crippen LogP contribution in [-0.2, 0) is 14.9 Å². The number of anilines is 1. The molecule has 0 aliphatic carbocycles. The highest BCUT2D eigenvalue weighted by atomic mass is 35.5. The number of hydrogen-bond donors (Lipinski definition) is 0. The molecule has 1 heterocycles. The van der Waals surface area contributed by atoms with Crippen molar-refractivity contribution in [2.45, 2.75) is 19.3 Å². The van der Waals surface area contributed by atoms with Gasteiger partial charge in [-0.3, -0.25) is 14.9 Å². The van der Waals surface area contributed by atoms with Gasteiger partial charge in [0.05, 0.1) is 10.5 Å². The number of halogens is 1. The van der Waals surface area contributed by atoms with E-state index in [9.17, 15) is 19.7 Å². The summed E-state index contributed by atoms with van der Waals surface area (Å²) in [5.41, 5.74) is 2.09. The number of allylic oxidation sites excluding steroid dienone is 1. The van der Waals surface area contributed by atoms with Crippen LogP contribution in [0.1, 0.15) is 29.8 Å². The predicted molar refractivity (Wildman–Crippen MR) is 109 cm³/mol. The third kappa shape index (κ3) is 3.86. The molecule has 0 amide bonds. The normalized spacial score (nSPS) is 15.9. The highest BCUT2D eigenvalue weighted by Gasteiger charge is 2.38. The summed E-state index contributed by atoms with van der Waals surface area (Å²) in [4.78, 5) is 36.8. The smallest absolute Gasteiger partial charge is 0.338 e. The van der Waals surface area contributed by atoms with Gasteiger partial charge in [-0.1, -0.05) is 43.6 Å². The number of hydrogen-bond acceptors (Lipinski definition) is 6. The average Bonchev–Trinajstić information content (AvgIpc) is 2.87. The Morgan fingerprint density at radius 2 is 1.93 bits per heavy atom. The van der Waals surface area contributed by atoms with Gasteiger partial charge in [-0.05, 0) is 23.8 Å². The molecule has 8 heteroatoms. The molecule has 0 radical (unpaired) electrons. The standard InChI is InChI=1S/C21H19ClN2O5/c1-21(2)15-6-4-5-7-17(15)23(3)19(21)11-14(25)12-29-20(26)13-8-9-16(22)18(10-13)24(27)28/h4-11H,12H2,1-3H3. The Labute approximate surface area is 172 Å². The van der Waals surface area contributed by atoms with E-state index in [4.69, 9.17) is 16.3 Å². The van der Waals surface area contributed by atoms with Crippen molar-refractivity contribution in [1.82, 2.24) is 0 Å². The van der Waals surface area contributed by atoms with E-state index in [2.05, 4.69) is 0 Å². The molecule has 0 atom stereocenters. The third-order valence-electron chi connectivity index (χ3n) is 4.96. The highest BCUT2D eigenvalue weighted by Crippen LogP contribution is 2.46. The van der Waals surface area contributed by atoms with E-state index in [0.717, 1.165) is 23.0 Å². The zero-order chi connectivity index (χ0) is 21.3. The van der Waals surface area contributed by atoms with Gasteiger partial charge in [-0.2, -0.15) is 0 Å². The summed E-state index contributed by atoms with van der Waals surface area (Å²) in [6.45, 7) is 3.57. The molecule has 2 aromatic carbocycles. The van der Waals surface area contributed by atoms with Crippen molar-refractivity contribution in [3.05, 3.63) is 80.5 Å². The number of nitrogens with zero attached hydrogens (tertiary/aromatic N) is 2. The Kier molecular flexibility index (Phi) is 5.44. The van der Waals surface area contributed by atoms with E-state index in [-0.39, 0.29) is 21.8 Å². The molecule has 150 valence electrons. The van der Waals surface area contributed by atoms with Crippen LogP contribution < -0.4 is 4.90 Å². The molecule has 0 spiro atoms. The Bertz CT molecular complexity index is 1050. The summed E-state index contributed by atoms with van der Waals surface area (Å²) < 4.78 is 5.04. The second kappa shape index (κ2) is 7.67. The van der Waals surface area contributed by atoms with Gasteiger partial charge in [0.2, 0.25) is 0 Å². The van der Waals surface area contributed by atoms with Gasteiger partial charge < -0.3 is 9.64 Å². The molecule has 0 N–H and O–H groups in total. The molecule has 3 rings (SSSR count). The van der Waals surface area contributed by atoms with E-state index in [0.29, 0.717) is 0 Å². The fraction of sp³-hybridized carbons (Fsp3) is 0.238. The lowest BCUT2D eigenvalue weighted by atomic mass is 9.83. The van der Waals surface area contributed by atoms with Crippen LogP contribution in [-0.4, -0.2) is 30.3 Å². The maximum absolute atomic E-state index is 12.4. The Morgan fingerprint density at radius 3 is 2.59 bits per heavy atom. The number of likely N-dealkylation sites (N-methyl/N-ethyl adjacent to an activating group) is 1. The number of rotatable bonds is 5. The van der Waals surface area contributed by atoms with E-state index >= 15 is 0 Å². The fourth-order valence-electron chi connectivity index (χ4n) is 3.45. The average molecular weight is 415 g/mol. The number of nitro groups is 1. The summed E-state index contributed by atoms with van der Waals surface area (Å²) in [6.07, 6.45) is 1.47. The second-order valence-electron chi connectivity index (χ2n) is 7.20. The second-order valence-corrected chi connectivity index (χ2v) is 7.60. The molecule has 0 aromatic heterocycles. The van der Waals surface area contributed by atoms with Crippen LogP contribution in [0.4, 0.5) is 11.4 Å². The first kappa shape index (κ1) is 20.5. The number of carbonyl (C=O) groups is 2. The third-order valence-corrected chi connectivity index (χ3v) is 5.28. The van der Waals surface area contributed by atoms with Crippen molar-refractivity contribution in [1.29, 1.82) is 0 Å². The monoisotopic (exact) mass is 414 g/mol. The molecule has 0 fully saturated rings. The van der Waals surface area contributed by atoms with E-state index < -0.39 is 23.2 Å². The van der Waals surface area contributed by atoms with Crippen molar-refractivity contribution in [2.24, 2.45) is 0 Å². The Morgan fingerprint density at radius 1 is 1.24 bits per heavy atom. The lowest BCUT2D eigenvalue weighted by Crippen LogP contribution is -2.25. The van der Waals surface area contributed by atoms with Gasteiger partial charge in [0, 0.05) is 36.0 Å². The van der Waals surface area contributed by atoms with Crippen molar-refractivity contribution in [3.63, 3.8) is 0 Å².